The van der Waals surface area contributed by atoms with Crippen LogP contribution >= 0.6 is 22.9 Å². The van der Waals surface area contributed by atoms with Gasteiger partial charge in [0, 0.05) is 36.4 Å². The highest BCUT2D eigenvalue weighted by Crippen LogP contribution is 2.43. The fourth-order valence-corrected chi connectivity index (χ4v) is 10.6. The van der Waals surface area contributed by atoms with Crippen molar-refractivity contribution in [3.05, 3.63) is 70.1 Å². The van der Waals surface area contributed by atoms with Gasteiger partial charge < -0.3 is 14.7 Å². The molecule has 3 aliphatic heterocycles. The number of carbonyl (C=O) groups is 1. The van der Waals surface area contributed by atoms with Gasteiger partial charge in [0.15, 0.2) is 21.1 Å². The summed E-state index contributed by atoms with van der Waals surface area (Å²) in [4.78, 5) is 24.4. The lowest BCUT2D eigenvalue weighted by molar-refractivity contribution is -0.184. The normalized spacial score (nSPS) is 21.1. The first-order valence-electron chi connectivity index (χ1n) is 14.3. The van der Waals surface area contributed by atoms with Gasteiger partial charge in [-0.2, -0.15) is 0 Å². The monoisotopic (exact) mass is 688 g/mol. The molecule has 3 aromatic heterocycles. The summed E-state index contributed by atoms with van der Waals surface area (Å²) < 4.78 is 58.9. The molecule has 2 saturated heterocycles. The zero-order valence-corrected chi connectivity index (χ0v) is 27.3. The third kappa shape index (κ3) is 5.30. The van der Waals surface area contributed by atoms with Crippen LogP contribution in [0.4, 0.5) is 0 Å². The van der Waals surface area contributed by atoms with Gasteiger partial charge in [0.25, 0.3) is 10.0 Å². The van der Waals surface area contributed by atoms with Crippen molar-refractivity contribution in [3.63, 3.8) is 0 Å². The molecule has 1 aromatic carbocycles. The number of carbonyl (C=O) groups excluding carboxylic acids is 1. The van der Waals surface area contributed by atoms with Gasteiger partial charge in [-0.15, -0.1) is 11.3 Å². The molecule has 2 fully saturated rings. The van der Waals surface area contributed by atoms with Gasteiger partial charge >= 0.3 is 0 Å². The second-order valence-electron chi connectivity index (χ2n) is 11.7. The van der Waals surface area contributed by atoms with Crippen molar-refractivity contribution >= 4 is 65.3 Å². The molecule has 45 heavy (non-hydrogen) atoms. The van der Waals surface area contributed by atoms with Gasteiger partial charge in [0.1, 0.15) is 5.01 Å². The van der Waals surface area contributed by atoms with E-state index in [4.69, 9.17) is 16.3 Å². The van der Waals surface area contributed by atoms with E-state index in [1.54, 1.807) is 41.4 Å². The minimum Gasteiger partial charge on any atom is -0.378 e. The van der Waals surface area contributed by atoms with Gasteiger partial charge in [-0.1, -0.05) is 35.4 Å². The molecule has 1 atom stereocenters. The second-order valence-corrected chi connectivity index (χ2v) is 17.2. The van der Waals surface area contributed by atoms with E-state index in [1.165, 1.54) is 21.5 Å². The lowest BCUT2D eigenvalue weighted by Gasteiger charge is -2.34. The van der Waals surface area contributed by atoms with Crippen LogP contribution in [0.15, 0.2) is 53.7 Å². The Morgan fingerprint density at radius 3 is 2.56 bits per heavy atom. The molecule has 236 valence electrons. The van der Waals surface area contributed by atoms with Gasteiger partial charge in [-0.25, -0.2) is 30.8 Å². The smallest absolute Gasteiger partial charge is 0.269 e. The van der Waals surface area contributed by atoms with E-state index in [0.717, 1.165) is 5.56 Å². The second kappa shape index (κ2) is 11.0. The molecular weight excluding hydrogens is 660 g/mol. The number of ether oxygens (including phenoxy) is 1. The Balaban J connectivity index is 1.34. The Bertz CT molecular complexity index is 2100. The standard InChI is InChI=1S/C30H29ClN4O7S3/c1-18-2-4-21(5-3-18)45(40,41)35-24(19-6-9-34(10-7-19)28(36)20-8-11-44(38,39)15-20)12-22-26(23(31)13-32-27(22)35)25-14-33-29(43-25)30(37)16-42-17-30/h2-6,12-14,20,37H,7-11,15-17H2,1H3. The number of aryl methyl sites for hydroxylation is 1. The van der Waals surface area contributed by atoms with E-state index in [9.17, 15) is 26.7 Å². The van der Waals surface area contributed by atoms with E-state index in [1.807, 2.05) is 13.0 Å². The maximum atomic E-state index is 14.3. The predicted molar refractivity (Wildman–Crippen MR) is 170 cm³/mol. The quantitative estimate of drug-likeness (QED) is 0.321. The largest absolute Gasteiger partial charge is 0.378 e. The number of hydrogen-bond acceptors (Lipinski definition) is 10. The molecule has 1 unspecified atom stereocenters. The number of rotatable bonds is 6. The van der Waals surface area contributed by atoms with Crippen molar-refractivity contribution in [1.82, 2.24) is 18.8 Å². The van der Waals surface area contributed by atoms with Crippen LogP contribution in [0, 0.1) is 12.8 Å². The maximum absolute atomic E-state index is 14.3. The summed E-state index contributed by atoms with van der Waals surface area (Å²) >= 11 is 7.97. The summed E-state index contributed by atoms with van der Waals surface area (Å²) in [5, 5.41) is 12.1. The maximum Gasteiger partial charge on any atom is 0.269 e. The van der Waals surface area contributed by atoms with Crippen molar-refractivity contribution in [2.45, 2.75) is 30.3 Å². The van der Waals surface area contributed by atoms with Crippen LogP contribution < -0.4 is 0 Å². The van der Waals surface area contributed by atoms with Gasteiger partial charge in [0.05, 0.1) is 51.1 Å². The SMILES string of the molecule is Cc1ccc(S(=O)(=O)n2c(C3=CCN(C(=O)C4CCS(=O)(=O)C4)CC3)cc3c(-c4cnc(C5(O)COC5)s4)c(Cl)cnc32)cc1. The number of benzene rings is 1. The Morgan fingerprint density at radius 2 is 1.93 bits per heavy atom. The van der Waals surface area contributed by atoms with Gasteiger partial charge in [-0.05, 0) is 43.5 Å². The number of halogens is 1. The summed E-state index contributed by atoms with van der Waals surface area (Å²) in [6.45, 7) is 2.68. The first kappa shape index (κ1) is 30.5. The summed E-state index contributed by atoms with van der Waals surface area (Å²) in [7, 11) is -7.35. The molecule has 0 radical (unpaired) electrons. The number of fused-ring (bicyclic) bond motifs is 1. The van der Waals surface area contributed by atoms with Crippen molar-refractivity contribution in [2.75, 3.05) is 37.8 Å². The molecule has 0 spiro atoms. The first-order valence-corrected chi connectivity index (χ1v) is 18.8. The molecule has 7 rings (SSSR count). The Labute approximate surface area is 269 Å². The Morgan fingerprint density at radius 1 is 1.18 bits per heavy atom. The number of aliphatic hydroxyl groups is 1. The minimum absolute atomic E-state index is 0.0154. The van der Waals surface area contributed by atoms with Crippen molar-refractivity contribution in [2.24, 2.45) is 5.92 Å². The van der Waals surface area contributed by atoms with Crippen molar-refractivity contribution < 1.29 is 31.5 Å². The van der Waals surface area contributed by atoms with E-state index in [-0.39, 0.29) is 47.7 Å². The highest BCUT2D eigenvalue weighted by atomic mass is 35.5. The predicted octanol–water partition coefficient (Wildman–Crippen LogP) is 3.63. The average Bonchev–Trinajstić information content (AvgIpc) is 3.73. The summed E-state index contributed by atoms with van der Waals surface area (Å²) in [6.07, 6.45) is 5.51. The highest BCUT2D eigenvalue weighted by Gasteiger charge is 2.41. The molecule has 15 heteroatoms. The molecule has 11 nitrogen and oxygen atoms in total. The number of aromatic nitrogens is 3. The number of thiazole rings is 1. The third-order valence-corrected chi connectivity index (χ3v) is 13.5. The van der Waals surface area contributed by atoms with E-state index < -0.39 is 31.4 Å². The lowest BCUT2D eigenvalue weighted by Crippen LogP contribution is -2.46. The molecule has 1 N–H and O–H groups in total. The summed E-state index contributed by atoms with van der Waals surface area (Å²) in [5.41, 5.74) is 1.57. The van der Waals surface area contributed by atoms with Gasteiger partial charge in [-0.3, -0.25) is 4.79 Å². The minimum atomic E-state index is -4.15. The molecular formula is C30H29ClN4O7S3. The fraction of sp³-hybridized carbons (Fsp3) is 0.367. The molecule has 1 amide bonds. The van der Waals surface area contributed by atoms with Crippen molar-refractivity contribution in [1.29, 1.82) is 0 Å². The van der Waals surface area contributed by atoms with Crippen LogP contribution in [0.25, 0.3) is 27.0 Å². The van der Waals surface area contributed by atoms with Crippen LogP contribution in [0.5, 0.6) is 0 Å². The van der Waals surface area contributed by atoms with Gasteiger partial charge in [0.2, 0.25) is 5.91 Å². The topological polar surface area (TPSA) is 149 Å². The van der Waals surface area contributed by atoms with Crippen molar-refractivity contribution in [3.8, 4) is 10.4 Å². The summed E-state index contributed by atoms with van der Waals surface area (Å²) in [5.74, 6) is -0.877. The van der Waals surface area contributed by atoms with Crippen LogP contribution in [0.2, 0.25) is 5.02 Å². The highest BCUT2D eigenvalue weighted by molar-refractivity contribution is 7.91. The number of amides is 1. The number of hydrogen-bond donors (Lipinski definition) is 1. The van der Waals surface area contributed by atoms with E-state index >= 15 is 0 Å². The van der Waals surface area contributed by atoms with E-state index in [2.05, 4.69) is 9.97 Å². The van der Waals surface area contributed by atoms with Crippen LogP contribution in [-0.4, -0.2) is 84.5 Å². The van der Waals surface area contributed by atoms with Crippen LogP contribution in [0.1, 0.15) is 29.1 Å². The summed E-state index contributed by atoms with van der Waals surface area (Å²) in [6, 6.07) is 8.32. The zero-order valence-electron chi connectivity index (χ0n) is 24.1. The van der Waals surface area contributed by atoms with Crippen LogP contribution in [-0.2, 0) is 35.0 Å². The molecule has 0 bridgehead atoms. The molecule has 0 aliphatic carbocycles. The number of sulfone groups is 1. The third-order valence-electron chi connectivity index (χ3n) is 8.56. The first-order chi connectivity index (χ1) is 21.4. The van der Waals surface area contributed by atoms with Crippen LogP contribution in [0.3, 0.4) is 0 Å². The lowest BCUT2D eigenvalue weighted by atomic mass is 10.0. The van der Waals surface area contributed by atoms with E-state index in [0.29, 0.717) is 56.5 Å². The molecule has 0 saturated carbocycles. The molecule has 4 aromatic rings. The molecule has 6 heterocycles. The molecule has 3 aliphatic rings. The Kier molecular flexibility index (Phi) is 7.45. The zero-order chi connectivity index (χ0) is 31.7. The number of pyridine rings is 1. The Hall–Kier alpha value is -3.14. The average molecular weight is 689 g/mol. The fourth-order valence-electron chi connectivity index (χ4n) is 6.01. The number of nitrogens with zero attached hydrogens (tertiary/aromatic N) is 4.